The van der Waals surface area contributed by atoms with Gasteiger partial charge in [0.05, 0.1) is 29.0 Å². The lowest BCUT2D eigenvalue weighted by Crippen LogP contribution is -2.56. The molecule has 1 heterocycles. The molecule has 0 amide bonds. The molecule has 8 heteroatoms. The monoisotopic (exact) mass is 318 g/mol. The number of hydrogen-bond acceptors (Lipinski definition) is 6. The molecule has 3 rings (SSSR count). The fraction of sp³-hybridized carbons (Fsp3) is 0.467. The van der Waals surface area contributed by atoms with Gasteiger partial charge in [-0.15, -0.1) is 0 Å². The van der Waals surface area contributed by atoms with Crippen LogP contribution in [0.2, 0.25) is 0 Å². The van der Waals surface area contributed by atoms with Crippen LogP contribution in [0.5, 0.6) is 0 Å². The van der Waals surface area contributed by atoms with Crippen LogP contribution >= 0.6 is 0 Å². The first-order valence-electron chi connectivity index (χ1n) is 7.31. The van der Waals surface area contributed by atoms with Crippen molar-refractivity contribution in [2.45, 2.75) is 26.3 Å². The normalized spacial score (nSPS) is 22.4. The number of rotatable bonds is 4. The molecule has 1 saturated carbocycles. The minimum Gasteiger partial charge on any atom is -0.469 e. The lowest BCUT2D eigenvalue weighted by molar-refractivity contribution is -0.384. The number of esters is 1. The largest absolute Gasteiger partial charge is 0.469 e. The average Bonchev–Trinajstić information content (AvgIpc) is 2.91. The predicted octanol–water partition coefficient (Wildman–Crippen LogP) is 2.47. The van der Waals surface area contributed by atoms with Crippen LogP contribution in [-0.2, 0) is 9.53 Å². The fourth-order valence-electron chi connectivity index (χ4n) is 3.06. The summed E-state index contributed by atoms with van der Waals surface area (Å²) in [6.07, 6.45) is 0.664. The molecule has 2 aromatic rings. The summed E-state index contributed by atoms with van der Waals surface area (Å²) in [5, 5.41) is 14.1. The third-order valence-electron chi connectivity index (χ3n) is 4.74. The van der Waals surface area contributed by atoms with Crippen molar-refractivity contribution < 1.29 is 14.5 Å². The van der Waals surface area contributed by atoms with E-state index in [1.165, 1.54) is 19.2 Å². The smallest absolute Gasteiger partial charge is 0.309 e. The molecule has 1 aromatic heterocycles. The number of nitrogens with zero attached hydrogens (tertiary/aromatic N) is 2. The molecule has 2 N–H and O–H groups in total. The molecule has 23 heavy (non-hydrogen) atoms. The van der Waals surface area contributed by atoms with Gasteiger partial charge in [0.25, 0.3) is 5.69 Å². The number of imidazole rings is 1. The molecular formula is C15H18N4O4. The van der Waals surface area contributed by atoms with Crippen molar-refractivity contribution in [3.63, 3.8) is 0 Å². The second-order valence-electron chi connectivity index (χ2n) is 6.37. The lowest BCUT2D eigenvalue weighted by Gasteiger charge is -2.50. The Labute approximate surface area is 132 Å². The molecule has 0 spiro atoms. The molecule has 0 bridgehead atoms. The van der Waals surface area contributed by atoms with Gasteiger partial charge in [-0.2, -0.15) is 0 Å². The van der Waals surface area contributed by atoms with E-state index < -0.39 is 4.92 Å². The number of aromatic amines is 1. The molecule has 2 atom stereocenters. The Kier molecular flexibility index (Phi) is 3.46. The highest BCUT2D eigenvalue weighted by molar-refractivity contribution is 5.80. The Balaban J connectivity index is 1.78. The zero-order valence-electron chi connectivity index (χ0n) is 13.1. The van der Waals surface area contributed by atoms with Gasteiger partial charge in [-0.25, -0.2) is 4.98 Å². The summed E-state index contributed by atoms with van der Waals surface area (Å²) in [5.74, 6) is 0.200. The Morgan fingerprint density at radius 3 is 2.87 bits per heavy atom. The first kappa shape index (κ1) is 15.3. The zero-order valence-corrected chi connectivity index (χ0v) is 13.1. The van der Waals surface area contributed by atoms with Gasteiger partial charge in [0.2, 0.25) is 5.95 Å². The molecule has 1 aromatic carbocycles. The highest BCUT2D eigenvalue weighted by atomic mass is 16.6. The van der Waals surface area contributed by atoms with E-state index >= 15 is 0 Å². The molecule has 0 saturated heterocycles. The van der Waals surface area contributed by atoms with Crippen molar-refractivity contribution in [3.05, 3.63) is 28.3 Å². The van der Waals surface area contributed by atoms with E-state index in [4.69, 9.17) is 4.74 Å². The van der Waals surface area contributed by atoms with Crippen molar-refractivity contribution in [2.75, 3.05) is 12.4 Å². The number of carbonyl (C=O) groups is 1. The number of non-ortho nitro benzene ring substituents is 1. The van der Waals surface area contributed by atoms with E-state index in [0.717, 1.165) is 0 Å². The first-order valence-corrected chi connectivity index (χ1v) is 7.31. The van der Waals surface area contributed by atoms with Gasteiger partial charge in [0.1, 0.15) is 0 Å². The van der Waals surface area contributed by atoms with Crippen LogP contribution in [-0.4, -0.2) is 34.0 Å². The van der Waals surface area contributed by atoms with Gasteiger partial charge in [0.15, 0.2) is 0 Å². The Morgan fingerprint density at radius 2 is 2.26 bits per heavy atom. The van der Waals surface area contributed by atoms with E-state index in [1.54, 1.807) is 6.07 Å². The number of anilines is 1. The zero-order chi connectivity index (χ0) is 16.8. The van der Waals surface area contributed by atoms with Crippen LogP contribution < -0.4 is 5.32 Å². The summed E-state index contributed by atoms with van der Waals surface area (Å²) in [6.45, 7) is 4.01. The minimum atomic E-state index is -0.441. The minimum absolute atomic E-state index is 0.0161. The van der Waals surface area contributed by atoms with Crippen LogP contribution in [0.15, 0.2) is 18.2 Å². The van der Waals surface area contributed by atoms with Crippen LogP contribution in [0.4, 0.5) is 11.6 Å². The molecule has 0 aliphatic heterocycles. The first-order chi connectivity index (χ1) is 10.8. The third kappa shape index (κ3) is 2.49. The summed E-state index contributed by atoms with van der Waals surface area (Å²) < 4.78 is 4.82. The van der Waals surface area contributed by atoms with Crippen LogP contribution in [0.25, 0.3) is 11.0 Å². The maximum absolute atomic E-state index is 11.7. The molecule has 0 radical (unpaired) electrons. The summed E-state index contributed by atoms with van der Waals surface area (Å²) in [7, 11) is 1.39. The van der Waals surface area contributed by atoms with E-state index in [1.807, 2.05) is 13.8 Å². The Hall–Kier alpha value is -2.64. The van der Waals surface area contributed by atoms with Crippen LogP contribution in [0, 0.1) is 21.4 Å². The second-order valence-corrected chi connectivity index (χ2v) is 6.37. The highest BCUT2D eigenvalue weighted by Gasteiger charge is 2.52. The maximum Gasteiger partial charge on any atom is 0.309 e. The van der Waals surface area contributed by atoms with Crippen LogP contribution in [0.1, 0.15) is 20.3 Å². The standard InChI is InChI=1S/C15H18N4O4/c1-15(2)9(13(20)23-3)7-12(15)18-14-16-10-5-4-8(19(21)22)6-11(10)17-14/h4-6,9,12H,7H2,1-3H3,(H2,16,17,18)/t9-,12-/m1/s1. The molecular weight excluding hydrogens is 300 g/mol. The molecule has 122 valence electrons. The number of fused-ring (bicyclic) bond motifs is 1. The highest BCUT2D eigenvalue weighted by Crippen LogP contribution is 2.48. The van der Waals surface area contributed by atoms with Gasteiger partial charge in [0, 0.05) is 18.2 Å². The summed E-state index contributed by atoms with van der Waals surface area (Å²) in [5.41, 5.74) is 1.02. The lowest BCUT2D eigenvalue weighted by atomic mass is 9.58. The van der Waals surface area contributed by atoms with Crippen molar-refractivity contribution in [1.29, 1.82) is 0 Å². The van der Waals surface area contributed by atoms with E-state index in [2.05, 4.69) is 15.3 Å². The number of aromatic nitrogens is 2. The predicted molar refractivity (Wildman–Crippen MR) is 84.1 cm³/mol. The Morgan fingerprint density at radius 1 is 1.52 bits per heavy atom. The number of nitro benzene ring substituents is 1. The topological polar surface area (TPSA) is 110 Å². The van der Waals surface area contributed by atoms with Gasteiger partial charge < -0.3 is 15.0 Å². The van der Waals surface area contributed by atoms with Crippen molar-refractivity contribution >= 4 is 28.6 Å². The number of ether oxygens (including phenoxy) is 1. The van der Waals surface area contributed by atoms with Crippen molar-refractivity contribution in [1.82, 2.24) is 9.97 Å². The number of H-pyrrole nitrogens is 1. The molecule has 8 nitrogen and oxygen atoms in total. The average molecular weight is 318 g/mol. The number of nitro groups is 1. The Bertz CT molecular complexity index is 783. The van der Waals surface area contributed by atoms with Gasteiger partial charge >= 0.3 is 5.97 Å². The summed E-state index contributed by atoms with van der Waals surface area (Å²) in [6, 6.07) is 4.56. The molecule has 1 aliphatic rings. The van der Waals surface area contributed by atoms with E-state index in [9.17, 15) is 14.9 Å². The molecule has 1 fully saturated rings. The number of carbonyl (C=O) groups excluding carboxylic acids is 1. The molecule has 1 aliphatic carbocycles. The van der Waals surface area contributed by atoms with Gasteiger partial charge in [-0.3, -0.25) is 14.9 Å². The van der Waals surface area contributed by atoms with Crippen molar-refractivity contribution in [3.8, 4) is 0 Å². The number of nitrogens with one attached hydrogen (secondary N) is 2. The number of methoxy groups -OCH3 is 1. The van der Waals surface area contributed by atoms with Crippen molar-refractivity contribution in [2.24, 2.45) is 11.3 Å². The molecule has 0 unspecified atom stereocenters. The second kappa shape index (κ2) is 5.22. The van der Waals surface area contributed by atoms with Gasteiger partial charge in [-0.05, 0) is 17.9 Å². The maximum atomic E-state index is 11.7. The van der Waals surface area contributed by atoms with Gasteiger partial charge in [-0.1, -0.05) is 13.8 Å². The number of hydrogen-bond donors (Lipinski definition) is 2. The van der Waals surface area contributed by atoms with E-state index in [0.29, 0.717) is 23.4 Å². The fourth-order valence-corrected chi connectivity index (χ4v) is 3.06. The summed E-state index contributed by atoms with van der Waals surface area (Å²) in [4.78, 5) is 29.5. The number of benzene rings is 1. The summed E-state index contributed by atoms with van der Waals surface area (Å²) >= 11 is 0. The van der Waals surface area contributed by atoms with Crippen LogP contribution in [0.3, 0.4) is 0 Å². The quantitative estimate of drug-likeness (QED) is 0.509. The third-order valence-corrected chi connectivity index (χ3v) is 4.74. The SMILES string of the molecule is COC(=O)[C@H]1C[C@@H](Nc2nc3ccc([N+](=O)[O-])cc3[nH]2)C1(C)C. The van der Waals surface area contributed by atoms with E-state index in [-0.39, 0.29) is 29.0 Å².